The summed E-state index contributed by atoms with van der Waals surface area (Å²) in [5.74, 6) is 0.508. The molecular formula is C14H11NO2. The van der Waals surface area contributed by atoms with Gasteiger partial charge in [0.25, 0.3) is 0 Å². The van der Waals surface area contributed by atoms with Crippen LogP contribution >= 0.6 is 0 Å². The van der Waals surface area contributed by atoms with Crippen LogP contribution in [0.1, 0.15) is 17.6 Å². The van der Waals surface area contributed by atoms with Gasteiger partial charge in [0, 0.05) is 11.6 Å². The van der Waals surface area contributed by atoms with Crippen molar-refractivity contribution >= 4 is 10.8 Å². The molecule has 1 atom stereocenters. The molecule has 2 aromatic heterocycles. The van der Waals surface area contributed by atoms with Crippen molar-refractivity contribution in [3.8, 4) is 0 Å². The second-order valence-corrected chi connectivity index (χ2v) is 3.84. The first kappa shape index (κ1) is 10.1. The summed E-state index contributed by atoms with van der Waals surface area (Å²) in [4.78, 5) is 4.25. The number of fused-ring (bicyclic) bond motifs is 1. The normalized spacial score (nSPS) is 12.8. The van der Waals surface area contributed by atoms with E-state index in [2.05, 4.69) is 4.98 Å². The monoisotopic (exact) mass is 225 g/mol. The average Bonchev–Trinajstić information content (AvgIpc) is 2.91. The van der Waals surface area contributed by atoms with Gasteiger partial charge in [-0.25, -0.2) is 0 Å². The number of hydrogen-bond acceptors (Lipinski definition) is 3. The van der Waals surface area contributed by atoms with Gasteiger partial charge in [-0.05, 0) is 23.6 Å². The molecular weight excluding hydrogens is 214 g/mol. The van der Waals surface area contributed by atoms with Gasteiger partial charge in [-0.1, -0.05) is 24.3 Å². The first-order valence-electron chi connectivity index (χ1n) is 5.41. The molecule has 3 rings (SSSR count). The highest BCUT2D eigenvalue weighted by atomic mass is 16.4. The third-order valence-corrected chi connectivity index (χ3v) is 2.78. The number of nitrogens with zero attached hydrogens (tertiary/aromatic N) is 1. The van der Waals surface area contributed by atoms with Crippen molar-refractivity contribution < 1.29 is 9.52 Å². The van der Waals surface area contributed by atoms with Crippen molar-refractivity contribution in [3.05, 3.63) is 66.4 Å². The SMILES string of the molecule is O[C@@H](c1ccco1)c1nccc2ccccc12. The number of aromatic nitrogens is 1. The van der Waals surface area contributed by atoms with Crippen molar-refractivity contribution in [3.63, 3.8) is 0 Å². The Morgan fingerprint density at radius 2 is 1.94 bits per heavy atom. The summed E-state index contributed by atoms with van der Waals surface area (Å²) in [5, 5.41) is 12.2. The molecule has 3 aromatic rings. The molecule has 2 heterocycles. The third kappa shape index (κ3) is 1.70. The Labute approximate surface area is 98.3 Å². The molecule has 1 N–H and O–H groups in total. The van der Waals surface area contributed by atoms with Crippen LogP contribution in [0, 0.1) is 0 Å². The first-order chi connectivity index (χ1) is 8.36. The molecule has 1 aromatic carbocycles. The molecule has 0 radical (unpaired) electrons. The smallest absolute Gasteiger partial charge is 0.154 e. The molecule has 3 heteroatoms. The van der Waals surface area contributed by atoms with E-state index in [1.165, 1.54) is 0 Å². The van der Waals surface area contributed by atoms with Crippen LogP contribution in [-0.2, 0) is 0 Å². The third-order valence-electron chi connectivity index (χ3n) is 2.78. The number of aliphatic hydroxyl groups is 1. The number of rotatable bonds is 2. The number of aliphatic hydroxyl groups excluding tert-OH is 1. The topological polar surface area (TPSA) is 46.3 Å². The van der Waals surface area contributed by atoms with Gasteiger partial charge in [-0.3, -0.25) is 4.98 Å². The maximum atomic E-state index is 10.2. The predicted octanol–water partition coefficient (Wildman–Crippen LogP) is 2.91. The van der Waals surface area contributed by atoms with E-state index in [9.17, 15) is 5.11 Å². The zero-order valence-corrected chi connectivity index (χ0v) is 9.08. The van der Waals surface area contributed by atoms with Gasteiger partial charge in [0.1, 0.15) is 5.76 Å². The minimum Gasteiger partial charge on any atom is -0.466 e. The van der Waals surface area contributed by atoms with Crippen molar-refractivity contribution in [2.75, 3.05) is 0 Å². The molecule has 0 fully saturated rings. The highest BCUT2D eigenvalue weighted by molar-refractivity contribution is 5.84. The second kappa shape index (κ2) is 4.03. The lowest BCUT2D eigenvalue weighted by Crippen LogP contribution is -2.01. The number of hydrogen-bond donors (Lipinski definition) is 1. The van der Waals surface area contributed by atoms with E-state index in [-0.39, 0.29) is 0 Å². The lowest BCUT2D eigenvalue weighted by Gasteiger charge is -2.10. The summed E-state index contributed by atoms with van der Waals surface area (Å²) in [6, 6.07) is 13.3. The Morgan fingerprint density at radius 1 is 1.06 bits per heavy atom. The fraction of sp³-hybridized carbons (Fsp3) is 0.0714. The number of pyridine rings is 1. The van der Waals surface area contributed by atoms with Crippen molar-refractivity contribution in [2.45, 2.75) is 6.10 Å². The van der Waals surface area contributed by atoms with E-state index < -0.39 is 6.10 Å². The summed E-state index contributed by atoms with van der Waals surface area (Å²) in [6.45, 7) is 0. The van der Waals surface area contributed by atoms with Gasteiger partial charge in [-0.2, -0.15) is 0 Å². The Balaban J connectivity index is 2.17. The van der Waals surface area contributed by atoms with Crippen LogP contribution in [0.5, 0.6) is 0 Å². The molecule has 0 aliphatic carbocycles. The maximum absolute atomic E-state index is 10.2. The lowest BCUT2D eigenvalue weighted by atomic mass is 10.1. The summed E-state index contributed by atoms with van der Waals surface area (Å²) < 4.78 is 5.21. The van der Waals surface area contributed by atoms with E-state index in [1.807, 2.05) is 30.3 Å². The largest absolute Gasteiger partial charge is 0.466 e. The predicted molar refractivity (Wildman–Crippen MR) is 64.5 cm³/mol. The minimum absolute atomic E-state index is 0.508. The van der Waals surface area contributed by atoms with Gasteiger partial charge in [0.2, 0.25) is 0 Å². The quantitative estimate of drug-likeness (QED) is 0.729. The fourth-order valence-corrected chi connectivity index (χ4v) is 1.94. The summed E-state index contributed by atoms with van der Waals surface area (Å²) in [7, 11) is 0. The van der Waals surface area contributed by atoms with Crippen LogP contribution in [0.2, 0.25) is 0 Å². The fourth-order valence-electron chi connectivity index (χ4n) is 1.94. The molecule has 0 aliphatic heterocycles. The number of furan rings is 1. The molecule has 0 bridgehead atoms. The summed E-state index contributed by atoms with van der Waals surface area (Å²) in [6.07, 6.45) is 2.42. The Morgan fingerprint density at radius 3 is 2.76 bits per heavy atom. The number of benzene rings is 1. The van der Waals surface area contributed by atoms with Crippen LogP contribution < -0.4 is 0 Å². The van der Waals surface area contributed by atoms with Crippen LogP contribution in [0.25, 0.3) is 10.8 Å². The Bertz CT molecular complexity index is 626. The van der Waals surface area contributed by atoms with Crippen LogP contribution in [-0.4, -0.2) is 10.1 Å². The highest BCUT2D eigenvalue weighted by Gasteiger charge is 2.16. The summed E-state index contributed by atoms with van der Waals surface area (Å²) >= 11 is 0. The molecule has 17 heavy (non-hydrogen) atoms. The highest BCUT2D eigenvalue weighted by Crippen LogP contribution is 2.26. The van der Waals surface area contributed by atoms with Crippen LogP contribution in [0.4, 0.5) is 0 Å². The van der Waals surface area contributed by atoms with Gasteiger partial charge >= 0.3 is 0 Å². The molecule has 84 valence electrons. The first-order valence-corrected chi connectivity index (χ1v) is 5.41. The zero-order chi connectivity index (χ0) is 11.7. The summed E-state index contributed by atoms with van der Waals surface area (Å²) in [5.41, 5.74) is 0.623. The van der Waals surface area contributed by atoms with Gasteiger partial charge in [-0.15, -0.1) is 0 Å². The van der Waals surface area contributed by atoms with Crippen LogP contribution in [0.15, 0.2) is 59.3 Å². The second-order valence-electron chi connectivity index (χ2n) is 3.84. The molecule has 0 saturated heterocycles. The minimum atomic E-state index is -0.823. The maximum Gasteiger partial charge on any atom is 0.154 e. The molecule has 0 spiro atoms. The van der Waals surface area contributed by atoms with Crippen LogP contribution in [0.3, 0.4) is 0 Å². The van der Waals surface area contributed by atoms with E-state index >= 15 is 0 Å². The molecule has 0 unspecified atom stereocenters. The molecule has 0 aliphatic rings. The van der Waals surface area contributed by atoms with Crippen molar-refractivity contribution in [2.24, 2.45) is 0 Å². The lowest BCUT2D eigenvalue weighted by molar-refractivity contribution is 0.186. The van der Waals surface area contributed by atoms with Crippen molar-refractivity contribution in [1.29, 1.82) is 0 Å². The van der Waals surface area contributed by atoms with Gasteiger partial charge in [0.15, 0.2) is 6.10 Å². The molecule has 0 amide bonds. The average molecular weight is 225 g/mol. The van der Waals surface area contributed by atoms with E-state index in [0.29, 0.717) is 11.5 Å². The Kier molecular flexibility index (Phi) is 2.38. The van der Waals surface area contributed by atoms with Gasteiger partial charge < -0.3 is 9.52 Å². The van der Waals surface area contributed by atoms with E-state index in [0.717, 1.165) is 10.8 Å². The molecule has 3 nitrogen and oxygen atoms in total. The Hall–Kier alpha value is -2.13. The van der Waals surface area contributed by atoms with Gasteiger partial charge in [0.05, 0.1) is 12.0 Å². The zero-order valence-electron chi connectivity index (χ0n) is 9.08. The van der Waals surface area contributed by atoms with E-state index in [1.54, 1.807) is 24.6 Å². The standard InChI is InChI=1S/C14H11NO2/c16-14(12-6-3-9-17-12)13-11-5-2-1-4-10(11)7-8-15-13/h1-9,14,16H/t14-/m0/s1. The molecule has 0 saturated carbocycles. The van der Waals surface area contributed by atoms with Crippen molar-refractivity contribution in [1.82, 2.24) is 4.98 Å². The van der Waals surface area contributed by atoms with E-state index in [4.69, 9.17) is 4.42 Å².